The number of amides is 1. The number of aromatic nitrogens is 2. The minimum atomic E-state index is -2.06. The Balaban J connectivity index is 1.83. The van der Waals surface area contributed by atoms with Gasteiger partial charge in [0.1, 0.15) is 5.75 Å². The summed E-state index contributed by atoms with van der Waals surface area (Å²) < 4.78 is 21.2. The summed E-state index contributed by atoms with van der Waals surface area (Å²) in [6.07, 6.45) is 5.33. The van der Waals surface area contributed by atoms with Gasteiger partial charge in [-0.15, -0.1) is 0 Å². The van der Waals surface area contributed by atoms with Crippen LogP contribution in [0.4, 0.5) is 10.1 Å². The number of aldehydes is 1. The number of hydrogen-bond acceptors (Lipinski definition) is 4. The average molecular weight is 371 g/mol. The average Bonchev–Trinajstić information content (AvgIpc) is 3.38. The van der Waals surface area contributed by atoms with Crippen molar-refractivity contribution in [3.63, 3.8) is 0 Å². The summed E-state index contributed by atoms with van der Waals surface area (Å²) >= 11 is 0. The van der Waals surface area contributed by atoms with E-state index in [9.17, 15) is 14.0 Å². The maximum absolute atomic E-state index is 13.9. The number of ether oxygens (including phenoxy) is 1. The Bertz CT molecular complexity index is 891. The molecule has 0 unspecified atom stereocenters. The third kappa shape index (κ3) is 3.22. The van der Waals surface area contributed by atoms with Gasteiger partial charge in [-0.25, -0.2) is 0 Å². The van der Waals surface area contributed by atoms with Crippen LogP contribution >= 0.6 is 0 Å². The molecule has 1 aliphatic heterocycles. The van der Waals surface area contributed by atoms with E-state index in [1.54, 1.807) is 11.1 Å². The molecule has 1 aromatic carbocycles. The molecule has 2 aliphatic rings. The zero-order valence-electron chi connectivity index (χ0n) is 15.4. The van der Waals surface area contributed by atoms with Gasteiger partial charge in [-0.1, -0.05) is 0 Å². The van der Waals surface area contributed by atoms with Gasteiger partial charge in [-0.05, 0) is 44.7 Å². The fraction of sp³-hybridized carbons (Fsp3) is 0.450. The van der Waals surface area contributed by atoms with E-state index in [1.807, 2.05) is 29.9 Å². The van der Waals surface area contributed by atoms with Gasteiger partial charge in [0, 0.05) is 35.9 Å². The molecule has 142 valence electrons. The number of benzene rings is 1. The van der Waals surface area contributed by atoms with Gasteiger partial charge in [-0.3, -0.25) is 14.3 Å². The summed E-state index contributed by atoms with van der Waals surface area (Å²) in [4.78, 5) is 24.7. The number of hydrogen-bond donors (Lipinski definition) is 0. The molecular weight excluding hydrogens is 349 g/mol. The minimum absolute atomic E-state index is 0.0542. The van der Waals surface area contributed by atoms with E-state index in [0.29, 0.717) is 29.5 Å². The van der Waals surface area contributed by atoms with E-state index in [2.05, 4.69) is 5.10 Å². The van der Waals surface area contributed by atoms with Crippen LogP contribution in [0, 0.1) is 0 Å². The number of carbonyl (C=O) groups is 2. The highest BCUT2D eigenvalue weighted by Gasteiger charge is 2.31. The van der Waals surface area contributed by atoms with Crippen LogP contribution in [0.1, 0.15) is 44.7 Å². The molecule has 0 spiro atoms. The molecule has 0 bridgehead atoms. The van der Waals surface area contributed by atoms with Crippen molar-refractivity contribution in [3.8, 4) is 16.9 Å². The van der Waals surface area contributed by atoms with Crippen molar-refractivity contribution < 1.29 is 18.7 Å². The first-order chi connectivity index (χ1) is 13.0. The summed E-state index contributed by atoms with van der Waals surface area (Å²) in [5, 5.41) is 4.40. The molecule has 2 atom stereocenters. The minimum Gasteiger partial charge on any atom is -0.452 e. The van der Waals surface area contributed by atoms with Gasteiger partial charge >= 0.3 is 0 Å². The molecule has 2 heterocycles. The Morgan fingerprint density at radius 3 is 2.81 bits per heavy atom. The molecule has 1 saturated carbocycles. The lowest BCUT2D eigenvalue weighted by Crippen LogP contribution is -2.41. The second kappa shape index (κ2) is 6.79. The normalized spacial score (nSPS) is 20.1. The van der Waals surface area contributed by atoms with Crippen LogP contribution in [0.25, 0.3) is 11.1 Å². The lowest BCUT2D eigenvalue weighted by atomic mass is 9.92. The van der Waals surface area contributed by atoms with Gasteiger partial charge < -0.3 is 9.64 Å². The number of alkyl halides is 1. The third-order valence-corrected chi connectivity index (χ3v) is 5.26. The first kappa shape index (κ1) is 17.7. The molecule has 1 fully saturated rings. The SMILES string of the molecule is CC(=O)N1c2ccc(-c3cnn(C4CC4)c3)c(O[C@@H](F)C=O)c2CC[C@@H]1C. The number of fused-ring (bicyclic) bond motifs is 1. The monoisotopic (exact) mass is 371 g/mol. The molecule has 4 rings (SSSR count). The predicted molar refractivity (Wildman–Crippen MR) is 98.5 cm³/mol. The Morgan fingerprint density at radius 2 is 2.15 bits per heavy atom. The smallest absolute Gasteiger partial charge is 0.293 e. The second-order valence-corrected chi connectivity index (χ2v) is 7.26. The summed E-state index contributed by atoms with van der Waals surface area (Å²) in [7, 11) is 0. The van der Waals surface area contributed by atoms with Gasteiger partial charge in [0.25, 0.3) is 6.36 Å². The van der Waals surface area contributed by atoms with Crippen molar-refractivity contribution >= 4 is 17.9 Å². The van der Waals surface area contributed by atoms with E-state index < -0.39 is 6.36 Å². The first-order valence-electron chi connectivity index (χ1n) is 9.25. The van der Waals surface area contributed by atoms with Gasteiger partial charge in [0.2, 0.25) is 5.91 Å². The molecule has 1 amide bonds. The molecule has 27 heavy (non-hydrogen) atoms. The summed E-state index contributed by atoms with van der Waals surface area (Å²) in [6.45, 7) is 3.50. The highest BCUT2D eigenvalue weighted by molar-refractivity contribution is 5.95. The number of anilines is 1. The second-order valence-electron chi connectivity index (χ2n) is 7.26. The van der Waals surface area contributed by atoms with Crippen molar-refractivity contribution in [2.45, 2.75) is 58.0 Å². The molecular formula is C20H22FN3O3. The molecule has 6 nitrogen and oxygen atoms in total. The maximum Gasteiger partial charge on any atom is 0.293 e. The molecule has 1 aliphatic carbocycles. The van der Waals surface area contributed by atoms with E-state index >= 15 is 0 Å². The first-order valence-corrected chi connectivity index (χ1v) is 9.25. The van der Waals surface area contributed by atoms with Crippen LogP contribution in [-0.4, -0.2) is 34.4 Å². The van der Waals surface area contributed by atoms with Crippen molar-refractivity contribution in [1.29, 1.82) is 0 Å². The van der Waals surface area contributed by atoms with E-state index in [4.69, 9.17) is 4.74 Å². The number of rotatable bonds is 5. The van der Waals surface area contributed by atoms with Crippen molar-refractivity contribution in [2.75, 3.05) is 4.90 Å². The lowest BCUT2D eigenvalue weighted by molar-refractivity contribution is -0.120. The van der Waals surface area contributed by atoms with Gasteiger partial charge in [-0.2, -0.15) is 9.49 Å². The van der Waals surface area contributed by atoms with Crippen LogP contribution in [-0.2, 0) is 16.0 Å². The molecule has 1 aromatic heterocycles. The fourth-order valence-corrected chi connectivity index (χ4v) is 3.80. The third-order valence-electron chi connectivity index (χ3n) is 5.26. The number of carbonyl (C=O) groups excluding carboxylic acids is 2. The summed E-state index contributed by atoms with van der Waals surface area (Å²) in [6, 6.07) is 4.17. The Kier molecular flexibility index (Phi) is 4.45. The highest BCUT2D eigenvalue weighted by Crippen LogP contribution is 2.44. The highest BCUT2D eigenvalue weighted by atomic mass is 19.1. The Hall–Kier alpha value is -2.70. The number of halogens is 1. The van der Waals surface area contributed by atoms with Crippen LogP contribution in [0.5, 0.6) is 5.75 Å². The van der Waals surface area contributed by atoms with Crippen LogP contribution in [0.3, 0.4) is 0 Å². The van der Waals surface area contributed by atoms with Crippen LogP contribution < -0.4 is 9.64 Å². The molecule has 0 radical (unpaired) electrons. The van der Waals surface area contributed by atoms with Gasteiger partial charge in [0.05, 0.1) is 17.9 Å². The zero-order valence-corrected chi connectivity index (χ0v) is 15.4. The number of nitrogens with zero attached hydrogens (tertiary/aromatic N) is 3. The summed E-state index contributed by atoms with van der Waals surface area (Å²) in [5.41, 5.74) is 2.96. The van der Waals surface area contributed by atoms with E-state index in [0.717, 1.165) is 30.4 Å². The standard InChI is InChI=1S/C20H22FN3O3/c1-12-3-6-17-18(24(12)13(2)26)8-7-16(20(17)27-19(21)11-25)14-9-22-23(10-14)15-4-5-15/h7-12,15,19H,3-6H2,1-2H3/t12-,19+/m0/s1. The maximum atomic E-state index is 13.9. The predicted octanol–water partition coefficient (Wildman–Crippen LogP) is 3.45. The molecule has 7 heteroatoms. The zero-order chi connectivity index (χ0) is 19.1. The molecule has 0 saturated heterocycles. The Morgan fingerprint density at radius 1 is 1.37 bits per heavy atom. The lowest BCUT2D eigenvalue weighted by Gasteiger charge is -2.36. The molecule has 0 N–H and O–H groups in total. The Labute approximate surface area is 156 Å². The van der Waals surface area contributed by atoms with E-state index in [-0.39, 0.29) is 18.2 Å². The van der Waals surface area contributed by atoms with Crippen LogP contribution in [0.2, 0.25) is 0 Å². The fourth-order valence-electron chi connectivity index (χ4n) is 3.80. The molecule has 2 aromatic rings. The van der Waals surface area contributed by atoms with Crippen molar-refractivity contribution in [2.24, 2.45) is 0 Å². The quantitative estimate of drug-likeness (QED) is 0.755. The van der Waals surface area contributed by atoms with Crippen LogP contribution in [0.15, 0.2) is 24.5 Å². The topological polar surface area (TPSA) is 64.4 Å². The van der Waals surface area contributed by atoms with Crippen molar-refractivity contribution in [1.82, 2.24) is 9.78 Å². The van der Waals surface area contributed by atoms with Crippen molar-refractivity contribution in [3.05, 3.63) is 30.1 Å². The van der Waals surface area contributed by atoms with E-state index in [1.165, 1.54) is 6.92 Å². The van der Waals surface area contributed by atoms with Gasteiger partial charge in [0.15, 0.2) is 6.29 Å². The largest absolute Gasteiger partial charge is 0.452 e. The summed E-state index contributed by atoms with van der Waals surface area (Å²) in [5.74, 6) is 0.247.